The number of carboxylic acids is 1. The van der Waals surface area contributed by atoms with Gasteiger partial charge in [-0.1, -0.05) is 11.6 Å². The standard InChI is InChI=1S/C13H12ClNO5/c1-20-13(19)9-5-8(14)2-3-10(9)15-6-7(12(17)18)4-11(15)16/h2-3,5,7H,4,6H2,1H3,(H,17,18). The van der Waals surface area contributed by atoms with E-state index >= 15 is 0 Å². The highest BCUT2D eigenvalue weighted by Gasteiger charge is 2.36. The Kier molecular flexibility index (Phi) is 3.94. The minimum Gasteiger partial charge on any atom is -0.481 e. The average Bonchev–Trinajstić information content (AvgIpc) is 2.80. The summed E-state index contributed by atoms with van der Waals surface area (Å²) in [6, 6.07) is 4.44. The van der Waals surface area contributed by atoms with E-state index in [4.69, 9.17) is 16.7 Å². The van der Waals surface area contributed by atoms with Gasteiger partial charge in [-0.05, 0) is 18.2 Å². The first kappa shape index (κ1) is 14.3. The molecule has 0 spiro atoms. The number of halogens is 1. The highest BCUT2D eigenvalue weighted by molar-refractivity contribution is 6.31. The van der Waals surface area contributed by atoms with Gasteiger partial charge in [-0.25, -0.2) is 4.79 Å². The van der Waals surface area contributed by atoms with Crippen molar-refractivity contribution >= 4 is 35.1 Å². The number of rotatable bonds is 3. The zero-order chi connectivity index (χ0) is 14.9. The normalized spacial score (nSPS) is 18.2. The maximum absolute atomic E-state index is 11.9. The number of amides is 1. The summed E-state index contributed by atoms with van der Waals surface area (Å²) in [4.78, 5) is 35.9. The van der Waals surface area contributed by atoms with E-state index in [1.165, 1.54) is 30.2 Å². The molecule has 1 atom stereocenters. The van der Waals surface area contributed by atoms with Gasteiger partial charge in [0.1, 0.15) is 0 Å². The average molecular weight is 298 g/mol. The molecule has 1 aliphatic rings. The van der Waals surface area contributed by atoms with Gasteiger partial charge in [-0.15, -0.1) is 0 Å². The lowest BCUT2D eigenvalue weighted by Gasteiger charge is -2.19. The van der Waals surface area contributed by atoms with Gasteiger partial charge in [0.25, 0.3) is 0 Å². The van der Waals surface area contributed by atoms with Crippen LogP contribution in [0.3, 0.4) is 0 Å². The molecule has 1 aromatic carbocycles. The molecule has 1 amide bonds. The molecule has 20 heavy (non-hydrogen) atoms. The van der Waals surface area contributed by atoms with Crippen LogP contribution in [0.1, 0.15) is 16.8 Å². The van der Waals surface area contributed by atoms with Crippen molar-refractivity contribution < 1.29 is 24.2 Å². The number of esters is 1. The quantitative estimate of drug-likeness (QED) is 0.856. The summed E-state index contributed by atoms with van der Waals surface area (Å²) in [6.07, 6.45) is -0.0847. The monoisotopic (exact) mass is 297 g/mol. The second-order valence-corrected chi connectivity index (χ2v) is 4.83. The summed E-state index contributed by atoms with van der Waals surface area (Å²) in [5.74, 6) is -2.78. The summed E-state index contributed by atoms with van der Waals surface area (Å²) in [7, 11) is 1.22. The molecule has 106 valence electrons. The molecular formula is C13H12ClNO5. The van der Waals surface area contributed by atoms with Crippen LogP contribution in [-0.4, -0.2) is 36.6 Å². The fraction of sp³-hybridized carbons (Fsp3) is 0.308. The van der Waals surface area contributed by atoms with E-state index in [1.807, 2.05) is 0 Å². The van der Waals surface area contributed by atoms with Gasteiger partial charge in [-0.2, -0.15) is 0 Å². The zero-order valence-electron chi connectivity index (χ0n) is 10.6. The Balaban J connectivity index is 2.40. The van der Waals surface area contributed by atoms with Crippen molar-refractivity contribution in [3.8, 4) is 0 Å². The van der Waals surface area contributed by atoms with Crippen molar-refractivity contribution in [2.24, 2.45) is 5.92 Å². The maximum Gasteiger partial charge on any atom is 0.340 e. The first-order chi connectivity index (χ1) is 9.43. The molecule has 7 heteroatoms. The highest BCUT2D eigenvalue weighted by Crippen LogP contribution is 2.30. The van der Waals surface area contributed by atoms with E-state index < -0.39 is 17.9 Å². The highest BCUT2D eigenvalue weighted by atomic mass is 35.5. The molecule has 1 aliphatic heterocycles. The van der Waals surface area contributed by atoms with Gasteiger partial charge in [-0.3, -0.25) is 9.59 Å². The molecule has 0 aliphatic carbocycles. The Morgan fingerprint density at radius 2 is 2.15 bits per heavy atom. The van der Waals surface area contributed by atoms with Crippen molar-refractivity contribution in [1.29, 1.82) is 0 Å². The minimum atomic E-state index is -1.03. The number of benzene rings is 1. The van der Waals surface area contributed by atoms with Gasteiger partial charge in [0.15, 0.2) is 0 Å². The molecule has 0 aromatic heterocycles. The molecule has 1 N–H and O–H groups in total. The first-order valence-electron chi connectivity index (χ1n) is 5.85. The number of methoxy groups -OCH3 is 1. The molecule has 1 saturated heterocycles. The van der Waals surface area contributed by atoms with E-state index in [-0.39, 0.29) is 24.4 Å². The summed E-state index contributed by atoms with van der Waals surface area (Å²) >= 11 is 5.83. The number of nitrogens with zero attached hydrogens (tertiary/aromatic N) is 1. The molecule has 2 rings (SSSR count). The number of carbonyl (C=O) groups is 3. The molecule has 0 radical (unpaired) electrons. The van der Waals surface area contributed by atoms with Crippen molar-refractivity contribution in [2.45, 2.75) is 6.42 Å². The van der Waals surface area contributed by atoms with Crippen LogP contribution in [0.2, 0.25) is 5.02 Å². The molecule has 1 unspecified atom stereocenters. The second kappa shape index (κ2) is 5.50. The van der Waals surface area contributed by atoms with Gasteiger partial charge < -0.3 is 14.7 Å². The number of hydrogen-bond donors (Lipinski definition) is 1. The number of carbonyl (C=O) groups excluding carboxylic acids is 2. The molecule has 0 saturated carbocycles. The van der Waals surface area contributed by atoms with Crippen LogP contribution < -0.4 is 4.90 Å². The number of hydrogen-bond acceptors (Lipinski definition) is 4. The SMILES string of the molecule is COC(=O)c1cc(Cl)ccc1N1CC(C(=O)O)CC1=O. The Bertz CT molecular complexity index is 586. The van der Waals surface area contributed by atoms with Crippen molar-refractivity contribution in [3.63, 3.8) is 0 Å². The topological polar surface area (TPSA) is 83.9 Å². The number of anilines is 1. The van der Waals surface area contributed by atoms with Crippen LogP contribution >= 0.6 is 11.6 Å². The van der Waals surface area contributed by atoms with Crippen LogP contribution in [0, 0.1) is 5.92 Å². The van der Waals surface area contributed by atoms with E-state index in [2.05, 4.69) is 4.74 Å². The van der Waals surface area contributed by atoms with Crippen LogP contribution in [0.25, 0.3) is 0 Å². The van der Waals surface area contributed by atoms with Crippen LogP contribution in [0.15, 0.2) is 18.2 Å². The van der Waals surface area contributed by atoms with Crippen molar-refractivity contribution in [3.05, 3.63) is 28.8 Å². The van der Waals surface area contributed by atoms with Gasteiger partial charge >= 0.3 is 11.9 Å². The Morgan fingerprint density at radius 1 is 1.45 bits per heavy atom. The minimum absolute atomic E-state index is 0.0276. The van der Waals surface area contributed by atoms with E-state index in [0.717, 1.165) is 0 Å². The van der Waals surface area contributed by atoms with Crippen molar-refractivity contribution in [1.82, 2.24) is 0 Å². The largest absolute Gasteiger partial charge is 0.481 e. The van der Waals surface area contributed by atoms with Crippen LogP contribution in [0.5, 0.6) is 0 Å². The maximum atomic E-state index is 11.9. The van der Waals surface area contributed by atoms with Gasteiger partial charge in [0.2, 0.25) is 5.91 Å². The lowest BCUT2D eigenvalue weighted by molar-refractivity contribution is -0.141. The molecule has 1 fully saturated rings. The molecule has 1 heterocycles. The molecule has 6 nitrogen and oxygen atoms in total. The van der Waals surface area contributed by atoms with E-state index in [9.17, 15) is 14.4 Å². The van der Waals surface area contributed by atoms with E-state index in [0.29, 0.717) is 10.7 Å². The molecule has 1 aromatic rings. The van der Waals surface area contributed by atoms with Crippen LogP contribution in [0.4, 0.5) is 5.69 Å². The lowest BCUT2D eigenvalue weighted by atomic mass is 10.1. The lowest BCUT2D eigenvalue weighted by Crippen LogP contribution is -2.27. The predicted octanol–water partition coefficient (Wildman–Crippen LogP) is 1.56. The number of ether oxygens (including phenoxy) is 1. The summed E-state index contributed by atoms with van der Waals surface area (Å²) in [6.45, 7) is 0.0276. The predicted molar refractivity (Wildman–Crippen MR) is 70.9 cm³/mol. The third-order valence-electron chi connectivity index (χ3n) is 3.13. The van der Waals surface area contributed by atoms with Crippen LogP contribution in [-0.2, 0) is 14.3 Å². The second-order valence-electron chi connectivity index (χ2n) is 4.40. The Labute approximate surface area is 119 Å². The smallest absolute Gasteiger partial charge is 0.340 e. The summed E-state index contributed by atoms with van der Waals surface area (Å²) in [5.41, 5.74) is 0.453. The number of aliphatic carboxylic acids is 1. The zero-order valence-corrected chi connectivity index (χ0v) is 11.4. The number of carboxylic acid groups (broad SMARTS) is 1. The fourth-order valence-electron chi connectivity index (χ4n) is 2.12. The third-order valence-corrected chi connectivity index (χ3v) is 3.36. The Morgan fingerprint density at radius 3 is 2.70 bits per heavy atom. The van der Waals surface area contributed by atoms with Gasteiger partial charge in [0.05, 0.1) is 24.3 Å². The fourth-order valence-corrected chi connectivity index (χ4v) is 2.30. The summed E-state index contributed by atoms with van der Waals surface area (Å²) < 4.78 is 4.65. The van der Waals surface area contributed by atoms with Gasteiger partial charge in [0, 0.05) is 18.0 Å². The Hall–Kier alpha value is -2.08. The van der Waals surface area contributed by atoms with E-state index in [1.54, 1.807) is 0 Å². The third kappa shape index (κ3) is 2.60. The molecular weight excluding hydrogens is 286 g/mol. The molecule has 0 bridgehead atoms. The van der Waals surface area contributed by atoms with Crippen molar-refractivity contribution in [2.75, 3.05) is 18.6 Å². The summed E-state index contributed by atoms with van der Waals surface area (Å²) in [5, 5.41) is 9.30. The first-order valence-corrected chi connectivity index (χ1v) is 6.23.